The molecule has 0 amide bonds. The zero-order chi connectivity index (χ0) is 25.7. The summed E-state index contributed by atoms with van der Waals surface area (Å²) in [5.41, 5.74) is 6.86. The molecule has 0 radical (unpaired) electrons. The van der Waals surface area contributed by atoms with Crippen molar-refractivity contribution in [1.29, 1.82) is 0 Å². The highest BCUT2D eigenvalue weighted by molar-refractivity contribution is 6.09. The minimum Gasteiger partial charge on any atom is -0.508 e. The second-order valence-electron chi connectivity index (χ2n) is 10.3. The van der Waals surface area contributed by atoms with E-state index < -0.39 is 0 Å². The number of aromatic hydroxyl groups is 1. The summed E-state index contributed by atoms with van der Waals surface area (Å²) >= 11 is 0. The molecular weight excluding hydrogens is 454 g/mol. The van der Waals surface area contributed by atoms with Crippen molar-refractivity contribution in [3.8, 4) is 28.6 Å². The van der Waals surface area contributed by atoms with Crippen molar-refractivity contribution in [3.05, 3.63) is 108 Å². The first kappa shape index (κ1) is 23.1. The van der Waals surface area contributed by atoms with Gasteiger partial charge in [0, 0.05) is 22.4 Å². The van der Waals surface area contributed by atoms with E-state index in [1.165, 1.54) is 16.8 Å². The lowest BCUT2D eigenvalue weighted by molar-refractivity contribution is 0.476. The monoisotopic (exact) mass is 485 g/mol. The van der Waals surface area contributed by atoms with E-state index >= 15 is 0 Å². The normalized spacial score (nSPS) is 11.8. The molecule has 0 atom stereocenters. The summed E-state index contributed by atoms with van der Waals surface area (Å²) in [6.45, 7) is 8.99. The van der Waals surface area contributed by atoms with Gasteiger partial charge in [-0.2, -0.15) is 0 Å². The third-order valence-corrected chi connectivity index (χ3v) is 7.19. The highest BCUT2D eigenvalue weighted by Crippen LogP contribution is 2.38. The number of imidazole rings is 1. The Kier molecular flexibility index (Phi) is 5.60. The largest absolute Gasteiger partial charge is 0.508 e. The van der Waals surface area contributed by atoms with Crippen LogP contribution in [-0.2, 0) is 0 Å². The third-order valence-electron chi connectivity index (χ3n) is 7.19. The van der Waals surface area contributed by atoms with E-state index in [1.807, 2.05) is 18.2 Å². The van der Waals surface area contributed by atoms with Crippen LogP contribution in [0.5, 0.6) is 5.75 Å². The SMILES string of the molecule is CC(C)c1cccc(C(C)C)c1-n1cc(-n2c3ccccc3c3ccc(O)cc32)nc1-c1ccccc1. The van der Waals surface area contributed by atoms with Crippen LogP contribution in [0.2, 0.25) is 0 Å². The van der Waals surface area contributed by atoms with E-state index in [4.69, 9.17) is 4.98 Å². The van der Waals surface area contributed by atoms with Gasteiger partial charge < -0.3 is 5.11 Å². The number of phenolic OH excluding ortho intramolecular Hbond substituents is 1. The maximum absolute atomic E-state index is 10.4. The van der Waals surface area contributed by atoms with E-state index in [9.17, 15) is 5.11 Å². The number of hydrogen-bond acceptors (Lipinski definition) is 2. The topological polar surface area (TPSA) is 43.0 Å². The van der Waals surface area contributed by atoms with E-state index in [0.29, 0.717) is 11.8 Å². The zero-order valence-electron chi connectivity index (χ0n) is 21.7. The molecule has 4 nitrogen and oxygen atoms in total. The summed E-state index contributed by atoms with van der Waals surface area (Å²) in [6, 6.07) is 31.0. The number of rotatable bonds is 5. The van der Waals surface area contributed by atoms with Crippen LogP contribution in [0.1, 0.15) is 50.7 Å². The second-order valence-corrected chi connectivity index (χ2v) is 10.3. The number of para-hydroxylation sites is 2. The van der Waals surface area contributed by atoms with Gasteiger partial charge in [0.15, 0.2) is 5.82 Å². The highest BCUT2D eigenvalue weighted by Gasteiger charge is 2.22. The van der Waals surface area contributed by atoms with Gasteiger partial charge in [-0.05, 0) is 41.2 Å². The summed E-state index contributed by atoms with van der Waals surface area (Å²) < 4.78 is 4.44. The van der Waals surface area contributed by atoms with Crippen molar-refractivity contribution in [2.75, 3.05) is 0 Å². The second kappa shape index (κ2) is 8.97. The predicted octanol–water partition coefficient (Wildman–Crippen LogP) is 8.59. The molecule has 0 aliphatic rings. The third kappa shape index (κ3) is 3.80. The smallest absolute Gasteiger partial charge is 0.156 e. The maximum atomic E-state index is 10.4. The van der Waals surface area contributed by atoms with Crippen molar-refractivity contribution >= 4 is 21.8 Å². The Hall–Kier alpha value is -4.31. The number of phenols is 1. The van der Waals surface area contributed by atoms with Gasteiger partial charge in [-0.3, -0.25) is 9.13 Å². The van der Waals surface area contributed by atoms with Crippen LogP contribution in [0, 0.1) is 0 Å². The van der Waals surface area contributed by atoms with Crippen LogP contribution in [0.25, 0.3) is 44.7 Å². The lowest BCUT2D eigenvalue weighted by atomic mass is 9.92. The van der Waals surface area contributed by atoms with Gasteiger partial charge in [0.25, 0.3) is 0 Å². The van der Waals surface area contributed by atoms with Gasteiger partial charge in [-0.1, -0.05) is 94.4 Å². The molecule has 0 fully saturated rings. The molecule has 0 aliphatic carbocycles. The maximum Gasteiger partial charge on any atom is 0.156 e. The van der Waals surface area contributed by atoms with Gasteiger partial charge in [0.1, 0.15) is 11.6 Å². The van der Waals surface area contributed by atoms with E-state index in [2.05, 4.69) is 110 Å². The Morgan fingerprint density at radius 3 is 2.03 bits per heavy atom. The van der Waals surface area contributed by atoms with Crippen molar-refractivity contribution in [2.24, 2.45) is 0 Å². The Morgan fingerprint density at radius 2 is 1.32 bits per heavy atom. The van der Waals surface area contributed by atoms with Gasteiger partial charge >= 0.3 is 0 Å². The molecular formula is C33H31N3O. The first-order valence-corrected chi connectivity index (χ1v) is 12.9. The minimum atomic E-state index is 0.242. The summed E-state index contributed by atoms with van der Waals surface area (Å²) in [6.07, 6.45) is 2.16. The van der Waals surface area contributed by atoms with Crippen molar-refractivity contribution in [2.45, 2.75) is 39.5 Å². The minimum absolute atomic E-state index is 0.242. The van der Waals surface area contributed by atoms with Gasteiger partial charge in [-0.15, -0.1) is 0 Å². The fraction of sp³-hybridized carbons (Fsp3) is 0.182. The number of hydrogen-bond donors (Lipinski definition) is 1. The molecule has 0 saturated heterocycles. The average molecular weight is 486 g/mol. The molecule has 2 aromatic heterocycles. The molecule has 6 aromatic rings. The van der Waals surface area contributed by atoms with Crippen LogP contribution < -0.4 is 0 Å². The molecule has 4 heteroatoms. The van der Waals surface area contributed by atoms with Crippen LogP contribution in [0.3, 0.4) is 0 Å². The predicted molar refractivity (Wildman–Crippen MR) is 153 cm³/mol. The molecule has 37 heavy (non-hydrogen) atoms. The molecule has 6 rings (SSSR count). The van der Waals surface area contributed by atoms with Gasteiger partial charge in [0.2, 0.25) is 0 Å². The first-order valence-electron chi connectivity index (χ1n) is 12.9. The van der Waals surface area contributed by atoms with E-state index in [1.54, 1.807) is 6.07 Å². The van der Waals surface area contributed by atoms with Crippen molar-refractivity contribution < 1.29 is 5.11 Å². The Labute approximate surface area is 217 Å². The van der Waals surface area contributed by atoms with E-state index in [0.717, 1.165) is 39.0 Å². The Bertz CT molecular complexity index is 1710. The molecule has 184 valence electrons. The fourth-order valence-corrected chi connectivity index (χ4v) is 5.43. The summed E-state index contributed by atoms with van der Waals surface area (Å²) in [5, 5.41) is 12.6. The Morgan fingerprint density at radius 1 is 0.676 bits per heavy atom. The van der Waals surface area contributed by atoms with Gasteiger partial charge in [-0.25, -0.2) is 4.98 Å². The molecule has 4 aromatic carbocycles. The molecule has 0 unspecified atom stereocenters. The Balaban J connectivity index is 1.73. The number of aromatic nitrogens is 3. The molecule has 0 spiro atoms. The van der Waals surface area contributed by atoms with Crippen molar-refractivity contribution in [3.63, 3.8) is 0 Å². The van der Waals surface area contributed by atoms with E-state index in [-0.39, 0.29) is 5.75 Å². The van der Waals surface area contributed by atoms with Crippen LogP contribution in [-0.4, -0.2) is 19.2 Å². The highest BCUT2D eigenvalue weighted by atomic mass is 16.3. The van der Waals surface area contributed by atoms with Crippen LogP contribution >= 0.6 is 0 Å². The lowest BCUT2D eigenvalue weighted by Gasteiger charge is -2.21. The summed E-state index contributed by atoms with van der Waals surface area (Å²) in [4.78, 5) is 5.27. The summed E-state index contributed by atoms with van der Waals surface area (Å²) in [5.74, 6) is 2.67. The average Bonchev–Trinajstić information content (AvgIpc) is 3.47. The van der Waals surface area contributed by atoms with Crippen molar-refractivity contribution in [1.82, 2.24) is 14.1 Å². The summed E-state index contributed by atoms with van der Waals surface area (Å²) in [7, 11) is 0. The first-order chi connectivity index (χ1) is 17.9. The molecule has 1 N–H and O–H groups in total. The number of fused-ring (bicyclic) bond motifs is 3. The van der Waals surface area contributed by atoms with Gasteiger partial charge in [0.05, 0.1) is 22.9 Å². The lowest BCUT2D eigenvalue weighted by Crippen LogP contribution is -2.07. The number of nitrogens with zero attached hydrogens (tertiary/aromatic N) is 3. The van der Waals surface area contributed by atoms with Crippen LogP contribution in [0.4, 0.5) is 0 Å². The molecule has 0 aliphatic heterocycles. The van der Waals surface area contributed by atoms with Crippen LogP contribution in [0.15, 0.2) is 97.2 Å². The quantitative estimate of drug-likeness (QED) is 0.266. The molecule has 2 heterocycles. The molecule has 0 saturated carbocycles. The number of benzene rings is 4. The standard InChI is InChI=1S/C33H31N3O/c1-21(2)25-14-10-15-26(22(3)4)32(25)35-20-31(34-33(35)23-11-6-5-7-12-23)36-29-16-9-8-13-27(29)28-18-17-24(37)19-30(28)36/h5-22,37H,1-4H3. The fourth-order valence-electron chi connectivity index (χ4n) is 5.43. The zero-order valence-corrected chi connectivity index (χ0v) is 21.7. The molecule has 0 bridgehead atoms.